The van der Waals surface area contributed by atoms with E-state index in [1.165, 1.54) is 24.6 Å². The number of hydrogen-bond donors (Lipinski definition) is 2. The van der Waals surface area contributed by atoms with Crippen LogP contribution in [0.2, 0.25) is 0 Å². The molecule has 162 valence electrons. The van der Waals surface area contributed by atoms with Crippen LogP contribution in [0.1, 0.15) is 34.0 Å². The Bertz CT molecular complexity index is 1130. The first-order valence-corrected chi connectivity index (χ1v) is 10.1. The van der Waals surface area contributed by atoms with E-state index < -0.39 is 5.97 Å². The van der Waals surface area contributed by atoms with Crippen LogP contribution in [-0.4, -0.2) is 17.8 Å². The van der Waals surface area contributed by atoms with Gasteiger partial charge in [-0.2, -0.15) is 0 Å². The Morgan fingerprint density at radius 1 is 0.938 bits per heavy atom. The normalized spacial score (nSPS) is 10.6. The van der Waals surface area contributed by atoms with Gasteiger partial charge in [0.05, 0.1) is 0 Å². The molecule has 3 rings (SSSR count). The number of ether oxygens (including phenoxy) is 1. The molecular formula is C26H24N2O4. The summed E-state index contributed by atoms with van der Waals surface area (Å²) in [6.45, 7) is 3.69. The first-order chi connectivity index (χ1) is 15.4. The van der Waals surface area contributed by atoms with Gasteiger partial charge in [0.2, 0.25) is 5.91 Å². The highest BCUT2D eigenvalue weighted by molar-refractivity contribution is 6.04. The van der Waals surface area contributed by atoms with Crippen molar-refractivity contribution in [2.75, 3.05) is 5.32 Å². The van der Waals surface area contributed by atoms with Crippen LogP contribution in [0.15, 0.2) is 78.9 Å². The van der Waals surface area contributed by atoms with Crippen LogP contribution in [0, 0.1) is 6.92 Å². The van der Waals surface area contributed by atoms with Gasteiger partial charge in [-0.1, -0.05) is 48.0 Å². The summed E-state index contributed by atoms with van der Waals surface area (Å²) >= 11 is 0. The molecule has 0 aliphatic carbocycles. The standard InChI is InChI=1S/C26H24N2O4/c1-18-6-8-20(9-7-18)12-15-25(30)27-17-21-10-13-23(14-11-21)28-26(31)22-4-3-5-24(16-22)32-19(2)29/h3-16H,17H2,1-2H3,(H,27,30)(H,28,31)/b15-12+. The molecule has 0 fully saturated rings. The fourth-order valence-corrected chi connectivity index (χ4v) is 2.87. The van der Waals surface area contributed by atoms with Gasteiger partial charge in [-0.3, -0.25) is 14.4 Å². The predicted octanol–water partition coefficient (Wildman–Crippen LogP) is 4.50. The summed E-state index contributed by atoms with van der Waals surface area (Å²) in [5.41, 5.74) is 4.02. The molecule has 0 aliphatic heterocycles. The van der Waals surface area contributed by atoms with Gasteiger partial charge in [-0.15, -0.1) is 0 Å². The Labute approximate surface area is 186 Å². The molecule has 3 aromatic carbocycles. The van der Waals surface area contributed by atoms with Gasteiger partial charge >= 0.3 is 5.97 Å². The van der Waals surface area contributed by atoms with E-state index in [1.54, 1.807) is 36.4 Å². The lowest BCUT2D eigenvalue weighted by Crippen LogP contribution is -2.20. The second kappa shape index (κ2) is 10.7. The molecule has 0 aromatic heterocycles. The summed E-state index contributed by atoms with van der Waals surface area (Å²) in [6.07, 6.45) is 3.27. The van der Waals surface area contributed by atoms with Crippen molar-refractivity contribution in [2.45, 2.75) is 20.4 Å². The number of carbonyl (C=O) groups excluding carboxylic acids is 3. The highest BCUT2D eigenvalue weighted by Gasteiger charge is 2.08. The summed E-state index contributed by atoms with van der Waals surface area (Å²) in [6, 6.07) is 21.5. The highest BCUT2D eigenvalue weighted by atomic mass is 16.5. The van der Waals surface area contributed by atoms with Crippen molar-refractivity contribution in [1.82, 2.24) is 5.32 Å². The minimum absolute atomic E-state index is 0.185. The molecule has 0 bridgehead atoms. The summed E-state index contributed by atoms with van der Waals surface area (Å²) in [5, 5.41) is 5.63. The number of carbonyl (C=O) groups is 3. The van der Waals surface area contributed by atoms with E-state index in [0.29, 0.717) is 23.5 Å². The molecule has 6 heteroatoms. The SMILES string of the molecule is CC(=O)Oc1cccc(C(=O)Nc2ccc(CNC(=O)/C=C/c3ccc(C)cc3)cc2)c1. The van der Waals surface area contributed by atoms with Crippen LogP contribution in [0.4, 0.5) is 5.69 Å². The zero-order valence-corrected chi connectivity index (χ0v) is 17.9. The van der Waals surface area contributed by atoms with Crippen molar-refractivity contribution >= 4 is 29.5 Å². The molecule has 0 atom stereocenters. The molecule has 0 spiro atoms. The molecule has 32 heavy (non-hydrogen) atoms. The summed E-state index contributed by atoms with van der Waals surface area (Å²) in [7, 11) is 0. The predicted molar refractivity (Wildman–Crippen MR) is 124 cm³/mol. The maximum absolute atomic E-state index is 12.4. The Morgan fingerprint density at radius 2 is 1.66 bits per heavy atom. The number of aryl methyl sites for hydroxylation is 1. The van der Waals surface area contributed by atoms with Crippen LogP contribution in [0.3, 0.4) is 0 Å². The molecule has 0 heterocycles. The third-order valence-corrected chi connectivity index (χ3v) is 4.54. The molecule has 2 amide bonds. The molecule has 0 saturated carbocycles. The average Bonchev–Trinajstić information content (AvgIpc) is 2.78. The molecular weight excluding hydrogens is 404 g/mol. The van der Waals surface area contributed by atoms with E-state index in [0.717, 1.165) is 11.1 Å². The zero-order valence-electron chi connectivity index (χ0n) is 17.9. The fraction of sp³-hybridized carbons (Fsp3) is 0.115. The zero-order chi connectivity index (χ0) is 22.9. The number of amides is 2. The van der Waals surface area contributed by atoms with E-state index in [9.17, 15) is 14.4 Å². The van der Waals surface area contributed by atoms with Crippen LogP contribution in [0.25, 0.3) is 6.08 Å². The van der Waals surface area contributed by atoms with Crippen molar-refractivity contribution in [3.05, 3.63) is 101 Å². The Hall–Kier alpha value is -4.19. The maximum Gasteiger partial charge on any atom is 0.308 e. The summed E-state index contributed by atoms with van der Waals surface area (Å²) in [4.78, 5) is 35.5. The first kappa shape index (κ1) is 22.5. The monoisotopic (exact) mass is 428 g/mol. The molecule has 0 radical (unpaired) electrons. The second-order valence-corrected chi connectivity index (χ2v) is 7.23. The van der Waals surface area contributed by atoms with E-state index in [-0.39, 0.29) is 11.8 Å². The second-order valence-electron chi connectivity index (χ2n) is 7.23. The third kappa shape index (κ3) is 6.95. The minimum Gasteiger partial charge on any atom is -0.427 e. The molecule has 6 nitrogen and oxygen atoms in total. The number of esters is 1. The van der Waals surface area contributed by atoms with E-state index in [1.807, 2.05) is 43.3 Å². The van der Waals surface area contributed by atoms with Gasteiger partial charge in [0.25, 0.3) is 5.91 Å². The quantitative estimate of drug-likeness (QED) is 0.330. The molecule has 0 saturated heterocycles. The average molecular weight is 428 g/mol. The van der Waals surface area contributed by atoms with Crippen LogP contribution < -0.4 is 15.4 Å². The highest BCUT2D eigenvalue weighted by Crippen LogP contribution is 2.16. The number of anilines is 1. The van der Waals surface area contributed by atoms with Gasteiger partial charge in [0, 0.05) is 30.8 Å². The smallest absolute Gasteiger partial charge is 0.308 e. The van der Waals surface area contributed by atoms with Crippen molar-refractivity contribution < 1.29 is 19.1 Å². The molecule has 0 aliphatic rings. The minimum atomic E-state index is -0.448. The van der Waals surface area contributed by atoms with Crippen molar-refractivity contribution in [3.63, 3.8) is 0 Å². The van der Waals surface area contributed by atoms with E-state index >= 15 is 0 Å². The largest absolute Gasteiger partial charge is 0.427 e. The lowest BCUT2D eigenvalue weighted by atomic mass is 10.1. The summed E-state index contributed by atoms with van der Waals surface area (Å²) < 4.78 is 5.01. The van der Waals surface area contributed by atoms with Crippen molar-refractivity contribution in [1.29, 1.82) is 0 Å². The fourth-order valence-electron chi connectivity index (χ4n) is 2.87. The van der Waals surface area contributed by atoms with E-state index in [2.05, 4.69) is 10.6 Å². The lowest BCUT2D eigenvalue weighted by molar-refractivity contribution is -0.131. The first-order valence-electron chi connectivity index (χ1n) is 10.1. The number of benzene rings is 3. The maximum atomic E-state index is 12.4. The van der Waals surface area contributed by atoms with Crippen LogP contribution in [-0.2, 0) is 16.1 Å². The third-order valence-electron chi connectivity index (χ3n) is 4.54. The molecule has 0 unspecified atom stereocenters. The van der Waals surface area contributed by atoms with Gasteiger partial charge in [-0.05, 0) is 54.5 Å². The summed E-state index contributed by atoms with van der Waals surface area (Å²) in [5.74, 6) is -0.638. The Balaban J connectivity index is 1.51. The van der Waals surface area contributed by atoms with Gasteiger partial charge in [0.1, 0.15) is 5.75 Å². The number of nitrogens with one attached hydrogen (secondary N) is 2. The van der Waals surface area contributed by atoms with Crippen LogP contribution >= 0.6 is 0 Å². The van der Waals surface area contributed by atoms with Gasteiger partial charge in [0.15, 0.2) is 0 Å². The van der Waals surface area contributed by atoms with Gasteiger partial charge < -0.3 is 15.4 Å². The number of rotatable bonds is 7. The lowest BCUT2D eigenvalue weighted by Gasteiger charge is -2.08. The van der Waals surface area contributed by atoms with Crippen molar-refractivity contribution in [2.24, 2.45) is 0 Å². The van der Waals surface area contributed by atoms with Gasteiger partial charge in [-0.25, -0.2) is 0 Å². The topological polar surface area (TPSA) is 84.5 Å². The van der Waals surface area contributed by atoms with Crippen LogP contribution in [0.5, 0.6) is 5.75 Å². The number of hydrogen-bond acceptors (Lipinski definition) is 4. The Kier molecular flexibility index (Phi) is 7.54. The molecule has 2 N–H and O–H groups in total. The van der Waals surface area contributed by atoms with Crippen molar-refractivity contribution in [3.8, 4) is 5.75 Å². The Morgan fingerprint density at radius 3 is 2.34 bits per heavy atom. The van der Waals surface area contributed by atoms with E-state index in [4.69, 9.17) is 4.74 Å². The molecule has 3 aromatic rings.